The minimum absolute atomic E-state index is 0.186. The third-order valence-electron chi connectivity index (χ3n) is 3.44. The number of aromatic hydroxyl groups is 1. The lowest BCUT2D eigenvalue weighted by atomic mass is 10.2. The van der Waals surface area contributed by atoms with Gasteiger partial charge in [0.2, 0.25) is 0 Å². The zero-order valence-electron chi connectivity index (χ0n) is 13.7. The van der Waals surface area contributed by atoms with Crippen LogP contribution in [0.15, 0.2) is 53.6 Å². The second kappa shape index (κ2) is 8.57. The van der Waals surface area contributed by atoms with Gasteiger partial charge in [-0.15, -0.1) is 0 Å². The predicted octanol–water partition coefficient (Wildman–Crippen LogP) is 2.74. The number of amides is 1. The first-order valence-electron chi connectivity index (χ1n) is 7.65. The van der Waals surface area contributed by atoms with E-state index < -0.39 is 6.04 Å². The number of phenolic OH excluding ortho intramolecular Hbond substituents is 1. The van der Waals surface area contributed by atoms with Crippen molar-refractivity contribution in [3.05, 3.63) is 54.1 Å². The van der Waals surface area contributed by atoms with Crippen LogP contribution in [0.4, 0.5) is 5.69 Å². The van der Waals surface area contributed by atoms with Crippen LogP contribution in [0.5, 0.6) is 11.5 Å². The van der Waals surface area contributed by atoms with Crippen molar-refractivity contribution < 1.29 is 14.6 Å². The number of hydrazone groups is 1. The van der Waals surface area contributed by atoms with E-state index >= 15 is 0 Å². The number of phenols is 1. The number of carbonyl (C=O) groups is 1. The molecule has 0 aliphatic heterocycles. The standard InChI is InChI=1S/C18H21N3O3/c1-3-17(20-14-6-10-16(24-2)11-7-14)18(23)21-19-12-13-4-8-15(22)9-5-13/h4-12,17,20,22H,3H2,1-2H3,(H,21,23)/b19-12+. The molecule has 0 radical (unpaired) electrons. The van der Waals surface area contributed by atoms with Crippen LogP contribution in [-0.4, -0.2) is 30.4 Å². The number of ether oxygens (including phenoxy) is 1. The monoisotopic (exact) mass is 327 g/mol. The topological polar surface area (TPSA) is 83.0 Å². The maximum atomic E-state index is 12.2. The average Bonchev–Trinajstić information content (AvgIpc) is 2.61. The summed E-state index contributed by atoms with van der Waals surface area (Å²) in [6, 6.07) is 13.5. The van der Waals surface area contributed by atoms with Gasteiger partial charge in [-0.05, 0) is 60.5 Å². The molecule has 1 atom stereocenters. The lowest BCUT2D eigenvalue weighted by Crippen LogP contribution is -2.36. The van der Waals surface area contributed by atoms with E-state index in [2.05, 4.69) is 15.8 Å². The zero-order chi connectivity index (χ0) is 17.4. The fourth-order valence-corrected chi connectivity index (χ4v) is 2.05. The molecule has 24 heavy (non-hydrogen) atoms. The Morgan fingerprint density at radius 1 is 1.21 bits per heavy atom. The zero-order valence-corrected chi connectivity index (χ0v) is 13.7. The molecule has 0 saturated carbocycles. The molecule has 6 nitrogen and oxygen atoms in total. The van der Waals surface area contributed by atoms with Gasteiger partial charge in [-0.25, -0.2) is 5.43 Å². The summed E-state index contributed by atoms with van der Waals surface area (Å²) >= 11 is 0. The molecule has 0 bridgehead atoms. The van der Waals surface area contributed by atoms with Crippen LogP contribution in [0.3, 0.4) is 0 Å². The summed E-state index contributed by atoms with van der Waals surface area (Å²) in [5.74, 6) is 0.728. The molecule has 0 heterocycles. The molecule has 0 fully saturated rings. The van der Waals surface area contributed by atoms with E-state index in [1.54, 1.807) is 31.4 Å². The number of rotatable bonds is 7. The van der Waals surface area contributed by atoms with Crippen LogP contribution < -0.4 is 15.5 Å². The van der Waals surface area contributed by atoms with E-state index in [0.29, 0.717) is 6.42 Å². The fraction of sp³-hybridized carbons (Fsp3) is 0.222. The largest absolute Gasteiger partial charge is 0.508 e. The van der Waals surface area contributed by atoms with Gasteiger partial charge in [-0.1, -0.05) is 6.92 Å². The van der Waals surface area contributed by atoms with Gasteiger partial charge in [0, 0.05) is 5.69 Å². The molecule has 0 aliphatic rings. The van der Waals surface area contributed by atoms with E-state index in [9.17, 15) is 9.90 Å². The summed E-state index contributed by atoms with van der Waals surface area (Å²) in [6.07, 6.45) is 2.14. The number of carbonyl (C=O) groups excluding carboxylic acids is 1. The van der Waals surface area contributed by atoms with E-state index in [1.807, 2.05) is 31.2 Å². The Hall–Kier alpha value is -3.02. The number of anilines is 1. The van der Waals surface area contributed by atoms with E-state index in [0.717, 1.165) is 17.0 Å². The number of hydrogen-bond acceptors (Lipinski definition) is 5. The Bertz CT molecular complexity index is 682. The lowest BCUT2D eigenvalue weighted by Gasteiger charge is -2.16. The highest BCUT2D eigenvalue weighted by Crippen LogP contribution is 2.16. The number of nitrogens with zero attached hydrogens (tertiary/aromatic N) is 1. The van der Waals surface area contributed by atoms with Gasteiger partial charge in [0.25, 0.3) is 5.91 Å². The van der Waals surface area contributed by atoms with Gasteiger partial charge in [-0.3, -0.25) is 4.79 Å². The van der Waals surface area contributed by atoms with Crippen LogP contribution in [0.25, 0.3) is 0 Å². The van der Waals surface area contributed by atoms with E-state index in [4.69, 9.17) is 4.74 Å². The first-order chi connectivity index (χ1) is 11.6. The Labute approximate surface area is 141 Å². The van der Waals surface area contributed by atoms with Crippen molar-refractivity contribution in [1.29, 1.82) is 0 Å². The highest BCUT2D eigenvalue weighted by atomic mass is 16.5. The highest BCUT2D eigenvalue weighted by molar-refractivity contribution is 5.86. The molecule has 2 rings (SSSR count). The average molecular weight is 327 g/mol. The second-order valence-corrected chi connectivity index (χ2v) is 5.16. The molecular formula is C18H21N3O3. The summed E-state index contributed by atoms with van der Waals surface area (Å²) in [4.78, 5) is 12.2. The molecule has 0 aliphatic carbocycles. The van der Waals surface area contributed by atoms with Crippen LogP contribution in [0.1, 0.15) is 18.9 Å². The van der Waals surface area contributed by atoms with Crippen LogP contribution >= 0.6 is 0 Å². The molecule has 2 aromatic rings. The molecule has 0 saturated heterocycles. The predicted molar refractivity (Wildman–Crippen MR) is 94.5 cm³/mol. The normalized spacial score (nSPS) is 11.9. The van der Waals surface area contributed by atoms with Crippen molar-refractivity contribution in [3.8, 4) is 11.5 Å². The number of nitrogens with one attached hydrogen (secondary N) is 2. The number of methoxy groups -OCH3 is 1. The number of benzene rings is 2. The smallest absolute Gasteiger partial charge is 0.262 e. The summed E-state index contributed by atoms with van der Waals surface area (Å²) < 4.78 is 5.11. The molecule has 0 aromatic heterocycles. The van der Waals surface area contributed by atoms with Crippen LogP contribution in [0, 0.1) is 0 Å². The minimum Gasteiger partial charge on any atom is -0.508 e. The van der Waals surface area contributed by atoms with Crippen molar-refractivity contribution in [3.63, 3.8) is 0 Å². The van der Waals surface area contributed by atoms with Crippen LogP contribution in [-0.2, 0) is 4.79 Å². The van der Waals surface area contributed by atoms with E-state index in [-0.39, 0.29) is 11.7 Å². The minimum atomic E-state index is -0.393. The first kappa shape index (κ1) is 17.3. The van der Waals surface area contributed by atoms with Gasteiger partial charge in [-0.2, -0.15) is 5.10 Å². The van der Waals surface area contributed by atoms with Gasteiger partial charge in [0.15, 0.2) is 0 Å². The van der Waals surface area contributed by atoms with Crippen molar-refractivity contribution in [2.75, 3.05) is 12.4 Å². The molecule has 1 amide bonds. The lowest BCUT2D eigenvalue weighted by molar-refractivity contribution is -0.121. The molecule has 2 aromatic carbocycles. The molecular weight excluding hydrogens is 306 g/mol. The van der Waals surface area contributed by atoms with Gasteiger partial charge in [0.1, 0.15) is 17.5 Å². The summed E-state index contributed by atoms with van der Waals surface area (Å²) in [5, 5.41) is 16.3. The molecule has 126 valence electrons. The second-order valence-electron chi connectivity index (χ2n) is 5.16. The molecule has 6 heteroatoms. The maximum Gasteiger partial charge on any atom is 0.262 e. The summed E-state index contributed by atoms with van der Waals surface area (Å²) in [6.45, 7) is 1.92. The van der Waals surface area contributed by atoms with Crippen molar-refractivity contribution >= 4 is 17.8 Å². The van der Waals surface area contributed by atoms with Crippen molar-refractivity contribution in [1.82, 2.24) is 5.43 Å². The van der Waals surface area contributed by atoms with Crippen molar-refractivity contribution in [2.24, 2.45) is 5.10 Å². The summed E-state index contributed by atoms with van der Waals surface area (Å²) in [7, 11) is 1.61. The third-order valence-corrected chi connectivity index (χ3v) is 3.44. The number of hydrogen-bond donors (Lipinski definition) is 3. The molecule has 3 N–H and O–H groups in total. The Morgan fingerprint density at radius 2 is 1.88 bits per heavy atom. The Balaban J connectivity index is 1.91. The van der Waals surface area contributed by atoms with Gasteiger partial charge < -0.3 is 15.2 Å². The van der Waals surface area contributed by atoms with Gasteiger partial charge in [0.05, 0.1) is 13.3 Å². The molecule has 0 spiro atoms. The fourth-order valence-electron chi connectivity index (χ4n) is 2.05. The highest BCUT2D eigenvalue weighted by Gasteiger charge is 2.15. The third kappa shape index (κ3) is 5.01. The molecule has 1 unspecified atom stereocenters. The van der Waals surface area contributed by atoms with Gasteiger partial charge >= 0.3 is 0 Å². The first-order valence-corrected chi connectivity index (χ1v) is 7.65. The van der Waals surface area contributed by atoms with E-state index in [1.165, 1.54) is 6.21 Å². The quantitative estimate of drug-likeness (QED) is 0.539. The summed E-state index contributed by atoms with van der Waals surface area (Å²) in [5.41, 5.74) is 4.14. The SMILES string of the molecule is CCC(Nc1ccc(OC)cc1)C(=O)N/N=C/c1ccc(O)cc1. The maximum absolute atomic E-state index is 12.2. The Kier molecular flexibility index (Phi) is 6.19. The van der Waals surface area contributed by atoms with Crippen LogP contribution in [0.2, 0.25) is 0 Å². The van der Waals surface area contributed by atoms with Crippen molar-refractivity contribution in [2.45, 2.75) is 19.4 Å². The Morgan fingerprint density at radius 3 is 2.46 bits per heavy atom.